The van der Waals surface area contributed by atoms with Crippen molar-refractivity contribution in [3.05, 3.63) is 35.9 Å². The SMILES string of the molecule is CCC(CC(C)C)C(=O)OCCCCCCOC(=O)C(CC(C)C)NC(=O)CC(=O)NCCCCC(NC(=O)CC(=O)NC)C(=O)OCc1ccccc1. The fraction of sp³-hybridized carbons (Fsp3) is 0.675. The average Bonchev–Trinajstić information content (AvgIpc) is 3.12. The van der Waals surface area contributed by atoms with Gasteiger partial charge in [-0.15, -0.1) is 0 Å². The van der Waals surface area contributed by atoms with Crippen LogP contribution in [0.25, 0.3) is 0 Å². The van der Waals surface area contributed by atoms with Gasteiger partial charge >= 0.3 is 17.9 Å². The lowest BCUT2D eigenvalue weighted by Gasteiger charge is -2.19. The Hall–Kier alpha value is -4.49. The van der Waals surface area contributed by atoms with Crippen LogP contribution in [0.2, 0.25) is 0 Å². The van der Waals surface area contributed by atoms with Crippen molar-refractivity contribution in [1.29, 1.82) is 0 Å². The maximum atomic E-state index is 12.8. The standard InChI is InChI=1S/C40H64N4O10/c1-7-31(23-28(2)3)38(49)52-21-15-8-9-16-22-53-40(51)33(24-29(4)5)44-37(48)26-35(46)42-20-14-13-19-32(43-36(47)25-34(45)41-6)39(50)54-27-30-17-11-10-12-18-30/h10-12,17-18,28-29,31-33H,7-9,13-16,19-27H2,1-6H3,(H,41,45)(H,42,46)(H,43,47)(H,44,48). The quantitative estimate of drug-likeness (QED) is 0.0415. The molecule has 1 rings (SSSR count). The summed E-state index contributed by atoms with van der Waals surface area (Å²) in [5.74, 6) is -3.14. The van der Waals surface area contributed by atoms with Gasteiger partial charge in [0.1, 0.15) is 31.5 Å². The van der Waals surface area contributed by atoms with Crippen molar-refractivity contribution in [2.75, 3.05) is 26.8 Å². The van der Waals surface area contributed by atoms with E-state index in [-0.39, 0.29) is 44.0 Å². The van der Waals surface area contributed by atoms with Crippen LogP contribution in [-0.4, -0.2) is 80.4 Å². The third-order valence-electron chi connectivity index (χ3n) is 8.44. The minimum Gasteiger partial charge on any atom is -0.465 e. The molecule has 0 bridgehead atoms. The van der Waals surface area contributed by atoms with Crippen molar-refractivity contribution in [2.24, 2.45) is 17.8 Å². The van der Waals surface area contributed by atoms with Crippen LogP contribution in [0.5, 0.6) is 0 Å². The molecule has 0 fully saturated rings. The molecule has 0 aliphatic carbocycles. The zero-order valence-electron chi connectivity index (χ0n) is 33.2. The first-order chi connectivity index (χ1) is 25.7. The van der Waals surface area contributed by atoms with Gasteiger partial charge in [0.2, 0.25) is 23.6 Å². The van der Waals surface area contributed by atoms with Crippen molar-refractivity contribution >= 4 is 41.5 Å². The Morgan fingerprint density at radius 3 is 1.74 bits per heavy atom. The molecule has 0 heterocycles. The second-order valence-corrected chi connectivity index (χ2v) is 14.3. The zero-order valence-corrected chi connectivity index (χ0v) is 33.2. The van der Waals surface area contributed by atoms with E-state index in [4.69, 9.17) is 14.2 Å². The predicted octanol–water partition coefficient (Wildman–Crippen LogP) is 4.28. The molecule has 3 atom stereocenters. The van der Waals surface area contributed by atoms with E-state index in [0.717, 1.165) is 37.7 Å². The minimum atomic E-state index is -0.991. The Bertz CT molecular complexity index is 1300. The van der Waals surface area contributed by atoms with E-state index in [2.05, 4.69) is 35.1 Å². The molecule has 14 nitrogen and oxygen atoms in total. The van der Waals surface area contributed by atoms with Gasteiger partial charge in [0, 0.05) is 13.6 Å². The highest BCUT2D eigenvalue weighted by Gasteiger charge is 2.25. The van der Waals surface area contributed by atoms with Crippen molar-refractivity contribution in [3.63, 3.8) is 0 Å². The number of esters is 3. The number of hydrogen-bond acceptors (Lipinski definition) is 10. The number of carbonyl (C=O) groups excluding carboxylic acids is 7. The third-order valence-corrected chi connectivity index (χ3v) is 8.44. The molecule has 14 heteroatoms. The Morgan fingerprint density at radius 1 is 0.611 bits per heavy atom. The van der Waals surface area contributed by atoms with E-state index in [1.807, 2.05) is 39.0 Å². The molecule has 4 amide bonds. The van der Waals surface area contributed by atoms with E-state index in [9.17, 15) is 33.6 Å². The molecule has 0 saturated heterocycles. The lowest BCUT2D eigenvalue weighted by atomic mass is 9.95. The Morgan fingerprint density at radius 2 is 1.17 bits per heavy atom. The van der Waals surface area contributed by atoms with Crippen LogP contribution in [0.15, 0.2) is 30.3 Å². The van der Waals surface area contributed by atoms with Crippen LogP contribution >= 0.6 is 0 Å². The van der Waals surface area contributed by atoms with E-state index >= 15 is 0 Å². The average molecular weight is 761 g/mol. The summed E-state index contributed by atoms with van der Waals surface area (Å²) in [7, 11) is 1.41. The molecule has 4 N–H and O–H groups in total. The van der Waals surface area contributed by atoms with Gasteiger partial charge in [-0.2, -0.15) is 0 Å². The van der Waals surface area contributed by atoms with Crippen molar-refractivity contribution < 1.29 is 47.8 Å². The number of benzene rings is 1. The summed E-state index contributed by atoms with van der Waals surface area (Å²) in [5, 5.41) is 10.2. The van der Waals surface area contributed by atoms with Gasteiger partial charge in [-0.25, -0.2) is 9.59 Å². The van der Waals surface area contributed by atoms with E-state index in [1.54, 1.807) is 12.1 Å². The third kappa shape index (κ3) is 22.5. The highest BCUT2D eigenvalue weighted by atomic mass is 16.5. The molecule has 54 heavy (non-hydrogen) atoms. The molecule has 0 saturated carbocycles. The first kappa shape index (κ1) is 47.5. The molecule has 3 unspecified atom stereocenters. The lowest BCUT2D eigenvalue weighted by molar-refractivity contribution is -0.150. The van der Waals surface area contributed by atoms with Crippen LogP contribution in [0.1, 0.15) is 117 Å². The molecule has 304 valence electrons. The summed E-state index contributed by atoms with van der Waals surface area (Å²) in [4.78, 5) is 86.9. The smallest absolute Gasteiger partial charge is 0.328 e. The number of ether oxygens (including phenoxy) is 3. The molecule has 1 aromatic carbocycles. The van der Waals surface area contributed by atoms with Crippen LogP contribution in [0.4, 0.5) is 0 Å². The highest BCUT2D eigenvalue weighted by Crippen LogP contribution is 2.17. The van der Waals surface area contributed by atoms with Gasteiger partial charge in [0.05, 0.1) is 19.1 Å². The molecule has 1 aromatic rings. The molecule has 0 aliphatic heterocycles. The fourth-order valence-corrected chi connectivity index (χ4v) is 5.52. The molecule has 0 spiro atoms. The molecular weight excluding hydrogens is 696 g/mol. The monoisotopic (exact) mass is 760 g/mol. The number of hydrogen-bond donors (Lipinski definition) is 4. The van der Waals surface area contributed by atoms with Crippen LogP contribution in [-0.2, 0) is 54.4 Å². The molecule has 0 radical (unpaired) electrons. The Balaban J connectivity index is 2.43. The number of rotatable bonds is 28. The Labute approximate surface area is 321 Å². The maximum absolute atomic E-state index is 12.8. The minimum absolute atomic E-state index is 0.0227. The zero-order chi connectivity index (χ0) is 40.3. The Kier molecular flexibility index (Phi) is 24.7. The topological polar surface area (TPSA) is 195 Å². The molecule has 0 aliphatic rings. The molecular formula is C40H64N4O10. The van der Waals surface area contributed by atoms with Crippen LogP contribution in [0.3, 0.4) is 0 Å². The second kappa shape index (κ2) is 28.0. The van der Waals surface area contributed by atoms with Gasteiger partial charge in [0.25, 0.3) is 0 Å². The highest BCUT2D eigenvalue weighted by molar-refractivity contribution is 5.99. The summed E-state index contributed by atoms with van der Waals surface area (Å²) >= 11 is 0. The fourth-order valence-electron chi connectivity index (χ4n) is 5.52. The van der Waals surface area contributed by atoms with Crippen LogP contribution < -0.4 is 21.3 Å². The first-order valence-electron chi connectivity index (χ1n) is 19.3. The van der Waals surface area contributed by atoms with E-state index in [1.165, 1.54) is 7.05 Å². The summed E-state index contributed by atoms with van der Waals surface area (Å²) in [5.41, 5.74) is 0.780. The lowest BCUT2D eigenvalue weighted by Crippen LogP contribution is -2.44. The van der Waals surface area contributed by atoms with Crippen molar-refractivity contribution in [2.45, 2.75) is 130 Å². The van der Waals surface area contributed by atoms with E-state index in [0.29, 0.717) is 38.2 Å². The number of carbonyl (C=O) groups is 7. The van der Waals surface area contributed by atoms with Crippen molar-refractivity contribution in [3.8, 4) is 0 Å². The maximum Gasteiger partial charge on any atom is 0.328 e. The number of amides is 4. The second-order valence-electron chi connectivity index (χ2n) is 14.3. The number of nitrogens with one attached hydrogen (secondary N) is 4. The van der Waals surface area contributed by atoms with E-state index < -0.39 is 60.5 Å². The van der Waals surface area contributed by atoms with Crippen molar-refractivity contribution in [1.82, 2.24) is 21.3 Å². The largest absolute Gasteiger partial charge is 0.465 e. The molecule has 0 aromatic heterocycles. The van der Waals surface area contributed by atoms with Gasteiger partial charge in [-0.3, -0.25) is 24.0 Å². The van der Waals surface area contributed by atoms with Gasteiger partial charge < -0.3 is 35.5 Å². The summed E-state index contributed by atoms with van der Waals surface area (Å²) in [6, 6.07) is 7.19. The summed E-state index contributed by atoms with van der Waals surface area (Å²) in [6.07, 6.45) is 5.06. The van der Waals surface area contributed by atoms with Crippen LogP contribution in [0, 0.1) is 17.8 Å². The summed E-state index contributed by atoms with van der Waals surface area (Å²) < 4.78 is 16.3. The van der Waals surface area contributed by atoms with Gasteiger partial charge in [-0.05, 0) is 81.6 Å². The summed E-state index contributed by atoms with van der Waals surface area (Å²) in [6.45, 7) is 10.8. The predicted molar refractivity (Wildman–Crippen MR) is 203 cm³/mol. The van der Waals surface area contributed by atoms with Gasteiger partial charge in [0.15, 0.2) is 0 Å². The normalized spacial score (nSPS) is 12.6. The first-order valence-corrected chi connectivity index (χ1v) is 19.3. The van der Waals surface area contributed by atoms with Gasteiger partial charge in [-0.1, -0.05) is 65.0 Å². The number of unbranched alkanes of at least 4 members (excludes halogenated alkanes) is 4.